The molecule has 0 bridgehead atoms. The van der Waals surface area contributed by atoms with Crippen LogP contribution in [-0.2, 0) is 66.7 Å². The van der Waals surface area contributed by atoms with Gasteiger partial charge in [0.1, 0.15) is 97.2 Å². The summed E-state index contributed by atoms with van der Waals surface area (Å²) in [6, 6.07) is 0. The first-order chi connectivity index (χ1) is 39.5. The zero-order chi connectivity index (χ0) is 62.5. The number of fused-ring (bicyclic) bond motifs is 5. The number of rotatable bonds is 16. The first kappa shape index (κ1) is 71.0. The van der Waals surface area contributed by atoms with E-state index in [2.05, 4.69) is 6.08 Å². The van der Waals surface area contributed by atoms with Gasteiger partial charge >= 0.3 is 29.6 Å². The zero-order valence-corrected chi connectivity index (χ0v) is 52.9. The minimum Gasteiger partial charge on any atom is -0.726 e. The van der Waals surface area contributed by atoms with Crippen molar-refractivity contribution in [2.24, 2.45) is 34.5 Å². The average Bonchev–Trinajstić information content (AvgIpc) is 1.31. The van der Waals surface area contributed by atoms with E-state index in [1.165, 1.54) is 60.6 Å². The molecule has 0 spiro atoms. The minimum absolute atomic E-state index is 0. The monoisotopic (exact) mass is 1260 g/mol. The number of carbonyl (C=O) groups excluding carboxylic acids is 1. The molecule has 33 atom stereocenters. The molecule has 13 N–H and O–H groups in total. The number of hydrogen-bond donors (Lipinski definition) is 13. The molecular weight excluding hydrogens is 1180 g/mol. The van der Waals surface area contributed by atoms with Crippen molar-refractivity contribution in [3.05, 3.63) is 23.8 Å². The second-order valence-electron chi connectivity index (χ2n) is 26.5. The summed E-state index contributed by atoms with van der Waals surface area (Å²) in [5.41, 5.74) is -3.40. The molecule has 30 heteroatoms. The van der Waals surface area contributed by atoms with E-state index in [9.17, 15) is 84.1 Å². The van der Waals surface area contributed by atoms with Crippen LogP contribution in [0.2, 0.25) is 0 Å². The van der Waals surface area contributed by atoms with Gasteiger partial charge in [-0.3, -0.25) is 8.98 Å². The van der Waals surface area contributed by atoms with E-state index in [-0.39, 0.29) is 60.7 Å². The van der Waals surface area contributed by atoms with Crippen molar-refractivity contribution in [2.75, 3.05) is 6.61 Å². The molecule has 9 rings (SSSR count). The molecule has 86 heavy (non-hydrogen) atoms. The van der Waals surface area contributed by atoms with E-state index in [0.29, 0.717) is 25.7 Å². The Bertz CT molecular complexity index is 2510. The van der Waals surface area contributed by atoms with E-state index in [0.717, 1.165) is 5.57 Å². The van der Waals surface area contributed by atoms with Crippen molar-refractivity contribution in [1.29, 1.82) is 0 Å². The Labute approximate surface area is 521 Å². The largest absolute Gasteiger partial charge is 1.00 e. The van der Waals surface area contributed by atoms with E-state index < -0.39 is 216 Å². The zero-order valence-electron chi connectivity index (χ0n) is 50.1. The number of allylic oxidation sites excluding steroid dienone is 2. The summed E-state index contributed by atoms with van der Waals surface area (Å²) >= 11 is 0. The molecule has 5 saturated heterocycles. The van der Waals surface area contributed by atoms with Crippen LogP contribution in [0.4, 0.5) is 0 Å². The van der Waals surface area contributed by atoms with Crippen LogP contribution in [-0.4, -0.2) is 263 Å². The van der Waals surface area contributed by atoms with Crippen LogP contribution in [0.25, 0.3) is 0 Å². The third-order valence-electron chi connectivity index (χ3n) is 20.1. The van der Waals surface area contributed by atoms with E-state index in [1.807, 2.05) is 13.8 Å². The fraction of sp³-hybridized carbons (Fsp3) is 0.911. The van der Waals surface area contributed by atoms with Crippen LogP contribution in [0.3, 0.4) is 0 Å². The van der Waals surface area contributed by atoms with Crippen molar-refractivity contribution in [3.63, 3.8) is 0 Å². The summed E-state index contributed by atoms with van der Waals surface area (Å²) in [6.45, 7) is 13.6. The van der Waals surface area contributed by atoms with E-state index >= 15 is 0 Å². The van der Waals surface area contributed by atoms with Crippen molar-refractivity contribution in [2.45, 2.75) is 278 Å². The molecular formula is C56H89NaO28S. The smallest absolute Gasteiger partial charge is 0.726 e. The quantitative estimate of drug-likeness (QED) is 0.0225. The van der Waals surface area contributed by atoms with Gasteiger partial charge in [-0.05, 0) is 128 Å². The van der Waals surface area contributed by atoms with Crippen LogP contribution in [0.15, 0.2) is 23.8 Å². The molecule has 5 aliphatic heterocycles. The van der Waals surface area contributed by atoms with Crippen molar-refractivity contribution in [3.8, 4) is 0 Å². The first-order valence-corrected chi connectivity index (χ1v) is 30.8. The van der Waals surface area contributed by atoms with Gasteiger partial charge in [0.25, 0.3) is 0 Å². The standard InChI is InChI=1S/C56H90O28S.Na/c1-21-34(58)39(63)42(66)48(75-21)82-46-38(62)31(80-52-47(41(65)36(60)23(3)78-52)83-49-43(67)40(64)35(59)22(2)76-49)20-74-51(46)81-45-37(61)24(4)77-50(44(45)68)79-30-19-26-27-10-11-32(56(9,70)33(57)14-15-53(5,6)69)55(27,8)17-13-28(26)54(7)16-12-25(18-29(30)54)84-85(71,72)73;/h13-15,21-27,29-32,34-52,58-70H,10-12,16-20H2,1-9H3,(H,71,72,73);/q;+1/p-1/b15-14+;/t21-,22-,23-,24-,25+,26+,27+,29-,30+,31-,32+,34-,35+,36-,37-,38+,39+,40+,41+,42-,43-,44-,45+,46-,47-,48+,49+,50+,51+,52+,54-,55+,56-;/m1./s1. The first-order valence-electron chi connectivity index (χ1n) is 29.5. The topological polar surface area (TPSA) is 439 Å². The Balaban J connectivity index is 0.00000961. The van der Waals surface area contributed by atoms with Gasteiger partial charge in [-0.1, -0.05) is 31.6 Å². The summed E-state index contributed by atoms with van der Waals surface area (Å²) in [5, 5.41) is 145. The second kappa shape index (κ2) is 26.8. The average molecular weight is 1270 g/mol. The van der Waals surface area contributed by atoms with Crippen LogP contribution in [0.5, 0.6) is 0 Å². The second-order valence-corrected chi connectivity index (χ2v) is 27.5. The summed E-state index contributed by atoms with van der Waals surface area (Å²) in [6.07, 6.45) is -34.5. The van der Waals surface area contributed by atoms with Crippen LogP contribution >= 0.6 is 0 Å². The van der Waals surface area contributed by atoms with Gasteiger partial charge in [0, 0.05) is 5.92 Å². The SMILES string of the molecule is C[C@H]1O[C@@H](O[C@H]2[C@H](O[C@@H]3CO[C@@H](O[C@@H]4[C@@H](O)[C@H](O[C@H]5C[C@@H]6C(=CC[C@@]7(C)[C@H]6CC[C@@H]7[C@@](C)(O)C(=O)/C=C/C(C)(C)O)[C@@]6(C)CC[C@H](OS(=O)(=O)[O-])C[C@H]56)O[C@H](C)[C@H]4O)[C@H](O[C@@H]4O[C@H](C)[C@@H](O)[C@H](O)[C@H]4O)[C@H]3O)O[C@H](C)[C@@H](O)[C@@H]2O)[C@H](O)[C@@H](O)[C@H]1O.[Na+]. The Morgan fingerprint density at radius 1 is 0.605 bits per heavy atom. The van der Waals surface area contributed by atoms with Crippen molar-refractivity contribution in [1.82, 2.24) is 0 Å². The molecule has 5 heterocycles. The Morgan fingerprint density at radius 2 is 1.10 bits per heavy atom. The molecule has 4 aliphatic carbocycles. The third kappa shape index (κ3) is 14.0. The van der Waals surface area contributed by atoms with Gasteiger partial charge in [0.05, 0.1) is 48.8 Å². The maximum atomic E-state index is 13.7. The third-order valence-corrected chi connectivity index (χ3v) is 20.6. The van der Waals surface area contributed by atoms with Crippen molar-refractivity contribution >= 4 is 16.2 Å². The number of hydrogen-bond acceptors (Lipinski definition) is 28. The number of aliphatic hydroxyl groups is 13. The summed E-state index contributed by atoms with van der Waals surface area (Å²) < 4.78 is 102. The Hall–Kier alpha value is -0.900. The fourth-order valence-corrected chi connectivity index (χ4v) is 15.7. The maximum Gasteiger partial charge on any atom is 1.00 e. The van der Waals surface area contributed by atoms with Gasteiger partial charge in [-0.2, -0.15) is 0 Å². The number of carbonyl (C=O) groups is 1. The van der Waals surface area contributed by atoms with Crippen LogP contribution in [0, 0.1) is 34.5 Å². The maximum absolute atomic E-state index is 13.7. The molecule has 0 aromatic rings. The summed E-state index contributed by atoms with van der Waals surface area (Å²) in [5.74, 6) is -2.01. The van der Waals surface area contributed by atoms with Gasteiger partial charge < -0.3 is 118 Å². The van der Waals surface area contributed by atoms with Crippen LogP contribution in [0.1, 0.15) is 107 Å². The summed E-state index contributed by atoms with van der Waals surface area (Å²) in [4.78, 5) is 13.7. The molecule has 9 aliphatic rings. The number of ketones is 1. The number of aliphatic hydroxyl groups excluding tert-OH is 11. The molecule has 8 fully saturated rings. The van der Waals surface area contributed by atoms with Gasteiger partial charge in [0.15, 0.2) is 37.2 Å². The molecule has 0 aromatic heterocycles. The predicted octanol–water partition coefficient (Wildman–Crippen LogP) is -6.10. The molecule has 0 amide bonds. The van der Waals surface area contributed by atoms with Crippen molar-refractivity contribution < 1.29 is 165 Å². The molecule has 0 aromatic carbocycles. The Morgan fingerprint density at radius 3 is 1.66 bits per heavy atom. The van der Waals surface area contributed by atoms with Gasteiger partial charge in [-0.15, -0.1) is 0 Å². The van der Waals surface area contributed by atoms with E-state index in [1.54, 1.807) is 0 Å². The fourth-order valence-electron chi connectivity index (χ4n) is 15.2. The molecule has 0 radical (unpaired) electrons. The van der Waals surface area contributed by atoms with Crippen LogP contribution < -0.4 is 29.6 Å². The summed E-state index contributed by atoms with van der Waals surface area (Å²) in [7, 11) is -5.15. The minimum atomic E-state index is -5.15. The normalized spacial score (nSPS) is 50.9. The van der Waals surface area contributed by atoms with Gasteiger partial charge in [0.2, 0.25) is 10.4 Å². The Kier molecular flexibility index (Phi) is 22.1. The molecule has 28 nitrogen and oxygen atoms in total. The molecule has 3 saturated carbocycles. The van der Waals surface area contributed by atoms with E-state index in [4.69, 9.17) is 51.6 Å². The number of ether oxygens (including phenoxy) is 10. The predicted molar refractivity (Wildman–Crippen MR) is 284 cm³/mol. The van der Waals surface area contributed by atoms with Gasteiger partial charge in [-0.25, -0.2) is 8.42 Å². The molecule has 488 valence electrons. The molecule has 0 unspecified atom stereocenters.